The predicted molar refractivity (Wildman–Crippen MR) is 122 cm³/mol. The van der Waals surface area contributed by atoms with Gasteiger partial charge in [-0.2, -0.15) is 4.31 Å². The maximum absolute atomic E-state index is 13.7. The van der Waals surface area contributed by atoms with Crippen molar-refractivity contribution in [3.05, 3.63) is 108 Å². The molecule has 1 atom stereocenters. The first-order valence-corrected chi connectivity index (χ1v) is 11.8. The van der Waals surface area contributed by atoms with E-state index in [4.69, 9.17) is 0 Å². The van der Waals surface area contributed by atoms with E-state index in [9.17, 15) is 8.42 Å². The van der Waals surface area contributed by atoms with Crippen molar-refractivity contribution in [2.75, 3.05) is 6.54 Å². The second-order valence-corrected chi connectivity index (χ2v) is 10.4. The molecule has 1 saturated heterocycles. The molecule has 1 unspecified atom stereocenters. The molecule has 0 spiro atoms. The van der Waals surface area contributed by atoms with Crippen LogP contribution in [-0.2, 0) is 15.4 Å². The normalized spacial score (nSPS) is 19.3. The Morgan fingerprint density at radius 2 is 1.33 bits per heavy atom. The lowest BCUT2D eigenvalue weighted by Crippen LogP contribution is -2.39. The first-order chi connectivity index (χ1) is 14.3. The van der Waals surface area contributed by atoms with Gasteiger partial charge in [-0.05, 0) is 42.5 Å². The summed E-state index contributed by atoms with van der Waals surface area (Å²) in [5.74, 6) is 1.11. The molecule has 1 heterocycles. The van der Waals surface area contributed by atoms with Gasteiger partial charge in [-0.15, -0.1) is 0 Å². The molecule has 4 rings (SSSR count). The van der Waals surface area contributed by atoms with Crippen LogP contribution in [-0.4, -0.2) is 25.3 Å². The second-order valence-electron chi connectivity index (χ2n) is 8.47. The van der Waals surface area contributed by atoms with Crippen molar-refractivity contribution >= 4 is 10.0 Å². The van der Waals surface area contributed by atoms with E-state index in [1.54, 1.807) is 16.4 Å². The van der Waals surface area contributed by atoms with Crippen LogP contribution in [0.4, 0.5) is 0 Å². The van der Waals surface area contributed by atoms with Gasteiger partial charge in [0.25, 0.3) is 0 Å². The van der Waals surface area contributed by atoms with Crippen LogP contribution >= 0.6 is 0 Å². The standard InChI is InChI=1S/C26H28NO2S/c1-20(2)25-18-26(22-10-6-4-7-11-22,23-12-8-5-9-13-23)19-27(25)30(28,29)24-16-14-21(3)15-17-24/h4-17,25H,18-19H2,1-3H3. The van der Waals surface area contributed by atoms with Crippen molar-refractivity contribution in [2.24, 2.45) is 0 Å². The average Bonchev–Trinajstić information content (AvgIpc) is 3.19. The Labute approximate surface area is 180 Å². The van der Waals surface area contributed by atoms with E-state index in [0.717, 1.165) is 29.0 Å². The fourth-order valence-corrected chi connectivity index (χ4v) is 6.32. The minimum Gasteiger partial charge on any atom is -0.207 e. The number of rotatable bonds is 5. The number of nitrogens with zero attached hydrogens (tertiary/aromatic N) is 1. The van der Waals surface area contributed by atoms with E-state index in [1.165, 1.54) is 0 Å². The SMILES string of the molecule is C[C](C)C1CC(c2ccccc2)(c2ccccc2)CN1S(=O)(=O)c1ccc(C)cc1. The quantitative estimate of drug-likeness (QED) is 0.559. The van der Waals surface area contributed by atoms with Gasteiger partial charge in [-0.3, -0.25) is 0 Å². The summed E-state index contributed by atoms with van der Waals surface area (Å²) in [6.45, 7) is 6.46. The molecule has 1 aliphatic heterocycles. The van der Waals surface area contributed by atoms with E-state index < -0.39 is 10.0 Å². The zero-order valence-electron chi connectivity index (χ0n) is 17.7. The minimum atomic E-state index is -3.62. The van der Waals surface area contributed by atoms with E-state index in [2.05, 4.69) is 24.3 Å². The molecule has 0 saturated carbocycles. The van der Waals surface area contributed by atoms with E-state index >= 15 is 0 Å². The van der Waals surface area contributed by atoms with Gasteiger partial charge in [0.05, 0.1) is 4.90 Å². The number of aryl methyl sites for hydroxylation is 1. The van der Waals surface area contributed by atoms with Crippen molar-refractivity contribution in [1.82, 2.24) is 4.31 Å². The van der Waals surface area contributed by atoms with Crippen LogP contribution in [0.1, 0.15) is 37.0 Å². The molecule has 1 radical (unpaired) electrons. The lowest BCUT2D eigenvalue weighted by Gasteiger charge is -2.30. The molecule has 3 aromatic carbocycles. The molecule has 0 amide bonds. The Kier molecular flexibility index (Phi) is 5.56. The Hall–Kier alpha value is -2.43. The predicted octanol–water partition coefficient (Wildman–Crippen LogP) is 5.36. The van der Waals surface area contributed by atoms with Crippen LogP contribution in [0.15, 0.2) is 89.8 Å². The molecule has 4 heteroatoms. The van der Waals surface area contributed by atoms with Crippen LogP contribution in [0.5, 0.6) is 0 Å². The molecule has 155 valence electrons. The summed E-state index contributed by atoms with van der Waals surface area (Å²) < 4.78 is 29.2. The zero-order chi connectivity index (χ0) is 21.4. The Balaban J connectivity index is 1.86. The number of hydrogen-bond donors (Lipinski definition) is 0. The van der Waals surface area contributed by atoms with Crippen LogP contribution in [0, 0.1) is 12.8 Å². The third-order valence-electron chi connectivity index (χ3n) is 6.26. The summed E-state index contributed by atoms with van der Waals surface area (Å²) in [5.41, 5.74) is 2.98. The van der Waals surface area contributed by atoms with E-state index in [1.807, 2.05) is 69.3 Å². The molecule has 3 aromatic rings. The molecule has 30 heavy (non-hydrogen) atoms. The van der Waals surface area contributed by atoms with Crippen molar-refractivity contribution < 1.29 is 8.42 Å². The lowest BCUT2D eigenvalue weighted by atomic mass is 9.72. The monoisotopic (exact) mass is 418 g/mol. The third-order valence-corrected chi connectivity index (χ3v) is 8.13. The van der Waals surface area contributed by atoms with Gasteiger partial charge in [0.2, 0.25) is 10.0 Å². The van der Waals surface area contributed by atoms with Crippen LogP contribution in [0.3, 0.4) is 0 Å². The molecule has 0 bridgehead atoms. The molecule has 0 N–H and O–H groups in total. The Morgan fingerprint density at radius 3 is 1.80 bits per heavy atom. The molecule has 0 aliphatic carbocycles. The fraction of sp³-hybridized carbons (Fsp3) is 0.269. The van der Waals surface area contributed by atoms with Crippen molar-refractivity contribution in [1.29, 1.82) is 0 Å². The van der Waals surface area contributed by atoms with Gasteiger partial charge in [-0.1, -0.05) is 92.2 Å². The number of sulfonamides is 1. The van der Waals surface area contributed by atoms with E-state index in [0.29, 0.717) is 11.4 Å². The minimum absolute atomic E-state index is 0.156. The molecule has 0 aromatic heterocycles. The first-order valence-electron chi connectivity index (χ1n) is 10.3. The van der Waals surface area contributed by atoms with Gasteiger partial charge in [-0.25, -0.2) is 8.42 Å². The summed E-state index contributed by atoms with van der Waals surface area (Å²) >= 11 is 0. The highest BCUT2D eigenvalue weighted by atomic mass is 32.2. The maximum Gasteiger partial charge on any atom is 0.243 e. The van der Waals surface area contributed by atoms with Crippen molar-refractivity contribution in [3.63, 3.8) is 0 Å². The van der Waals surface area contributed by atoms with E-state index in [-0.39, 0.29) is 11.5 Å². The highest BCUT2D eigenvalue weighted by Gasteiger charge is 2.51. The van der Waals surface area contributed by atoms with Crippen LogP contribution < -0.4 is 0 Å². The fourth-order valence-electron chi connectivity index (χ4n) is 4.56. The topological polar surface area (TPSA) is 37.4 Å². The van der Waals surface area contributed by atoms with Crippen molar-refractivity contribution in [2.45, 2.75) is 43.5 Å². The second kappa shape index (κ2) is 8.01. The van der Waals surface area contributed by atoms with Gasteiger partial charge >= 0.3 is 0 Å². The van der Waals surface area contributed by atoms with Gasteiger partial charge < -0.3 is 0 Å². The smallest absolute Gasteiger partial charge is 0.207 e. The average molecular weight is 419 g/mol. The summed E-state index contributed by atoms with van der Waals surface area (Å²) in [6.07, 6.45) is 0.731. The largest absolute Gasteiger partial charge is 0.243 e. The molecule has 1 fully saturated rings. The zero-order valence-corrected chi connectivity index (χ0v) is 18.6. The third kappa shape index (κ3) is 3.59. The maximum atomic E-state index is 13.7. The Bertz CT molecular complexity index is 1050. The van der Waals surface area contributed by atoms with Crippen molar-refractivity contribution in [3.8, 4) is 0 Å². The summed E-state index contributed by atoms with van der Waals surface area (Å²) in [7, 11) is -3.62. The summed E-state index contributed by atoms with van der Waals surface area (Å²) in [6, 6.07) is 27.7. The number of benzene rings is 3. The molecular formula is C26H28NO2S. The highest BCUT2D eigenvalue weighted by molar-refractivity contribution is 7.89. The summed E-state index contributed by atoms with van der Waals surface area (Å²) in [4.78, 5) is 0.358. The highest BCUT2D eigenvalue weighted by Crippen LogP contribution is 2.47. The summed E-state index contributed by atoms with van der Waals surface area (Å²) in [5, 5.41) is 0. The first kappa shape index (κ1) is 20.8. The van der Waals surface area contributed by atoms with Gasteiger partial charge in [0.1, 0.15) is 0 Å². The van der Waals surface area contributed by atoms with Gasteiger partial charge in [0, 0.05) is 18.0 Å². The number of hydrogen-bond acceptors (Lipinski definition) is 2. The molecule has 3 nitrogen and oxygen atoms in total. The van der Waals surface area contributed by atoms with Crippen LogP contribution in [0.2, 0.25) is 0 Å². The molecule has 1 aliphatic rings. The molecular weight excluding hydrogens is 390 g/mol. The lowest BCUT2D eigenvalue weighted by molar-refractivity contribution is 0.394. The van der Waals surface area contributed by atoms with Crippen LogP contribution in [0.25, 0.3) is 0 Å². The Morgan fingerprint density at radius 1 is 0.833 bits per heavy atom. The van der Waals surface area contributed by atoms with Gasteiger partial charge in [0.15, 0.2) is 0 Å².